The zero-order valence-corrected chi connectivity index (χ0v) is 25.0. The third-order valence-electron chi connectivity index (χ3n) is 11.9. The predicted octanol–water partition coefficient (Wildman–Crippen LogP) is 7.11. The quantitative estimate of drug-likeness (QED) is 0.284. The SMILES string of the molecule is CC[C@]12C[C@H]3[C@@H]4CC=C5C[C@@H](OC(C)=O)CC[C@]5(C)[C@H]4CC[C@]3(C)[C@H]1C(C)=C(CC[C@@H](C)CNC(C)=O)O2. The number of fused-ring (bicyclic) bond motifs is 7. The average Bonchev–Trinajstić information content (AvgIpc) is 3.30. The third kappa shape index (κ3) is 4.44. The number of allylic oxidation sites excluding steroid dienone is 2. The Morgan fingerprint density at radius 2 is 1.95 bits per heavy atom. The number of hydrogen-bond acceptors (Lipinski definition) is 4. The Morgan fingerprint density at radius 1 is 1.18 bits per heavy atom. The number of amides is 1. The van der Waals surface area contributed by atoms with E-state index in [0.717, 1.165) is 56.9 Å². The molecule has 5 rings (SSSR count). The second-order valence-electron chi connectivity index (χ2n) is 14.1. The van der Waals surface area contributed by atoms with E-state index < -0.39 is 0 Å². The first-order valence-electron chi connectivity index (χ1n) is 15.4. The van der Waals surface area contributed by atoms with Crippen molar-refractivity contribution in [3.8, 4) is 0 Å². The van der Waals surface area contributed by atoms with Crippen LogP contribution in [-0.4, -0.2) is 30.1 Å². The Morgan fingerprint density at radius 3 is 2.63 bits per heavy atom. The van der Waals surface area contributed by atoms with Crippen molar-refractivity contribution in [1.29, 1.82) is 0 Å². The van der Waals surface area contributed by atoms with Gasteiger partial charge in [0, 0.05) is 39.2 Å². The van der Waals surface area contributed by atoms with Crippen LogP contribution in [0.2, 0.25) is 0 Å². The van der Waals surface area contributed by atoms with Crippen molar-refractivity contribution in [3.63, 3.8) is 0 Å². The summed E-state index contributed by atoms with van der Waals surface area (Å²) in [5.41, 5.74) is 3.57. The number of esters is 1. The van der Waals surface area contributed by atoms with Crippen molar-refractivity contribution < 1.29 is 19.1 Å². The highest BCUT2D eigenvalue weighted by molar-refractivity contribution is 5.72. The Bertz CT molecular complexity index is 1030. The number of carbonyl (C=O) groups is 2. The van der Waals surface area contributed by atoms with Crippen LogP contribution in [-0.2, 0) is 19.1 Å². The minimum atomic E-state index is -0.145. The summed E-state index contributed by atoms with van der Waals surface area (Å²) in [6.45, 7) is 15.9. The van der Waals surface area contributed by atoms with E-state index in [1.54, 1.807) is 12.5 Å². The van der Waals surface area contributed by atoms with Crippen molar-refractivity contribution in [2.75, 3.05) is 6.54 Å². The zero-order chi connectivity index (χ0) is 27.5. The topological polar surface area (TPSA) is 64.6 Å². The maximum Gasteiger partial charge on any atom is 0.302 e. The van der Waals surface area contributed by atoms with E-state index in [-0.39, 0.29) is 29.0 Å². The molecule has 212 valence electrons. The molecule has 9 atom stereocenters. The minimum absolute atomic E-state index is 0.0491. The molecule has 1 heterocycles. The van der Waals surface area contributed by atoms with E-state index in [0.29, 0.717) is 23.2 Å². The van der Waals surface area contributed by atoms with Gasteiger partial charge in [-0.05, 0) is 98.4 Å². The van der Waals surface area contributed by atoms with E-state index in [1.807, 2.05) is 0 Å². The Balaban J connectivity index is 1.35. The molecule has 0 unspecified atom stereocenters. The Kier molecular flexibility index (Phi) is 7.31. The molecule has 38 heavy (non-hydrogen) atoms. The van der Waals surface area contributed by atoms with Gasteiger partial charge in [0.05, 0.1) is 5.76 Å². The second-order valence-corrected chi connectivity index (χ2v) is 14.1. The van der Waals surface area contributed by atoms with Gasteiger partial charge in [-0.25, -0.2) is 0 Å². The molecule has 1 N–H and O–H groups in total. The maximum absolute atomic E-state index is 11.6. The smallest absolute Gasteiger partial charge is 0.302 e. The largest absolute Gasteiger partial charge is 0.491 e. The molecule has 0 saturated heterocycles. The average molecular weight is 526 g/mol. The van der Waals surface area contributed by atoms with Gasteiger partial charge in [-0.3, -0.25) is 9.59 Å². The highest BCUT2D eigenvalue weighted by Gasteiger charge is 2.68. The van der Waals surface area contributed by atoms with Gasteiger partial charge in [-0.1, -0.05) is 39.3 Å². The summed E-state index contributed by atoms with van der Waals surface area (Å²) in [5.74, 6) is 4.26. The monoisotopic (exact) mass is 525 g/mol. The van der Waals surface area contributed by atoms with E-state index in [4.69, 9.17) is 9.47 Å². The third-order valence-corrected chi connectivity index (χ3v) is 11.9. The molecule has 0 aromatic carbocycles. The van der Waals surface area contributed by atoms with Gasteiger partial charge >= 0.3 is 5.97 Å². The van der Waals surface area contributed by atoms with Crippen molar-refractivity contribution in [2.45, 2.75) is 124 Å². The molecular weight excluding hydrogens is 474 g/mol. The fourth-order valence-electron chi connectivity index (χ4n) is 10.1. The summed E-state index contributed by atoms with van der Waals surface area (Å²) >= 11 is 0. The van der Waals surface area contributed by atoms with Crippen LogP contribution in [0.25, 0.3) is 0 Å². The predicted molar refractivity (Wildman–Crippen MR) is 150 cm³/mol. The summed E-state index contributed by atoms with van der Waals surface area (Å²) in [7, 11) is 0. The van der Waals surface area contributed by atoms with Crippen molar-refractivity contribution >= 4 is 11.9 Å². The first kappa shape index (κ1) is 27.8. The highest BCUT2D eigenvalue weighted by Crippen LogP contribution is 2.72. The molecule has 3 fully saturated rings. The minimum Gasteiger partial charge on any atom is -0.491 e. The van der Waals surface area contributed by atoms with Crippen molar-refractivity contribution in [1.82, 2.24) is 5.32 Å². The first-order valence-corrected chi connectivity index (χ1v) is 15.4. The second kappa shape index (κ2) is 10.0. The lowest BCUT2D eigenvalue weighted by Gasteiger charge is -2.58. The molecule has 0 bridgehead atoms. The van der Waals surface area contributed by atoms with Gasteiger partial charge in [0.2, 0.25) is 5.91 Å². The molecule has 1 aliphatic heterocycles. The molecule has 0 aromatic heterocycles. The molecule has 5 aliphatic rings. The molecule has 1 amide bonds. The summed E-state index contributed by atoms with van der Waals surface area (Å²) < 4.78 is 12.7. The Hall–Kier alpha value is -1.78. The van der Waals surface area contributed by atoms with Crippen LogP contribution in [0.15, 0.2) is 23.0 Å². The number of nitrogens with one attached hydrogen (secondary N) is 1. The van der Waals surface area contributed by atoms with E-state index in [1.165, 1.54) is 43.9 Å². The summed E-state index contributed by atoms with van der Waals surface area (Å²) in [6.07, 6.45) is 13.7. The summed E-state index contributed by atoms with van der Waals surface area (Å²) in [4.78, 5) is 22.9. The van der Waals surface area contributed by atoms with Crippen LogP contribution in [0.4, 0.5) is 0 Å². The van der Waals surface area contributed by atoms with Crippen molar-refractivity contribution in [3.05, 3.63) is 23.0 Å². The first-order chi connectivity index (χ1) is 17.9. The lowest BCUT2D eigenvalue weighted by atomic mass is 9.47. The van der Waals surface area contributed by atoms with Crippen LogP contribution >= 0.6 is 0 Å². The maximum atomic E-state index is 11.6. The van der Waals surface area contributed by atoms with E-state index in [2.05, 4.69) is 46.0 Å². The fraction of sp³-hybridized carbons (Fsp3) is 0.818. The van der Waals surface area contributed by atoms with Gasteiger partial charge in [-0.2, -0.15) is 0 Å². The molecule has 5 heteroatoms. The van der Waals surface area contributed by atoms with Crippen LogP contribution in [0.1, 0.15) is 113 Å². The van der Waals surface area contributed by atoms with Gasteiger partial charge in [-0.15, -0.1) is 0 Å². The zero-order valence-electron chi connectivity index (χ0n) is 25.0. The van der Waals surface area contributed by atoms with Gasteiger partial charge in [0.15, 0.2) is 0 Å². The molecule has 0 spiro atoms. The van der Waals surface area contributed by atoms with Crippen LogP contribution in [0.3, 0.4) is 0 Å². The van der Waals surface area contributed by atoms with Gasteiger partial charge in [0.25, 0.3) is 0 Å². The van der Waals surface area contributed by atoms with Gasteiger partial charge in [0.1, 0.15) is 11.7 Å². The fourth-order valence-corrected chi connectivity index (χ4v) is 10.1. The molecular formula is C33H51NO4. The lowest BCUT2D eigenvalue weighted by molar-refractivity contribution is -0.148. The van der Waals surface area contributed by atoms with Crippen LogP contribution < -0.4 is 5.32 Å². The number of ether oxygens (including phenoxy) is 2. The van der Waals surface area contributed by atoms with E-state index >= 15 is 0 Å². The van der Waals surface area contributed by atoms with Crippen LogP contribution in [0.5, 0.6) is 0 Å². The highest BCUT2D eigenvalue weighted by atomic mass is 16.5. The molecule has 0 radical (unpaired) electrons. The molecule has 0 aromatic rings. The van der Waals surface area contributed by atoms with E-state index in [9.17, 15) is 9.59 Å². The Labute approximate surface area is 230 Å². The number of hydrogen-bond donors (Lipinski definition) is 1. The summed E-state index contributed by atoms with van der Waals surface area (Å²) in [6, 6.07) is 0. The normalized spacial score (nSPS) is 42.2. The van der Waals surface area contributed by atoms with Gasteiger partial charge < -0.3 is 14.8 Å². The molecule has 4 aliphatic carbocycles. The lowest BCUT2D eigenvalue weighted by Crippen LogP contribution is -2.50. The summed E-state index contributed by atoms with van der Waals surface area (Å²) in [5, 5.41) is 2.97. The number of rotatable bonds is 7. The van der Waals surface area contributed by atoms with Crippen LogP contribution in [0, 0.1) is 40.4 Å². The molecule has 5 nitrogen and oxygen atoms in total. The van der Waals surface area contributed by atoms with Crippen molar-refractivity contribution in [2.24, 2.45) is 40.4 Å². The molecule has 3 saturated carbocycles. The number of carbonyl (C=O) groups excluding carboxylic acids is 2. The standard InChI is InChI=1S/C33H51NO4/c1-8-33-18-28-26-11-10-24-17-25(37-23(5)36)13-15-31(24,6)27(26)14-16-32(28,7)30(33)21(3)29(38-33)12-9-20(2)19-34-22(4)35/h10,20,25-28,30H,8-9,11-19H2,1-7H3,(H,34,35)/t20-,25+,26-,27+,28+,30-,31+,32+,33+/m1/s1.